The number of amidine groups is 1. The molecule has 1 atom stereocenters. The van der Waals surface area contributed by atoms with Crippen LogP contribution < -0.4 is 14.8 Å². The first kappa shape index (κ1) is 25.8. The third-order valence-electron chi connectivity index (χ3n) is 5.21. The topological polar surface area (TPSA) is 123 Å². The Bertz CT molecular complexity index is 1430. The predicted octanol–water partition coefficient (Wildman–Crippen LogP) is 3.12. The molecule has 1 unspecified atom stereocenters. The van der Waals surface area contributed by atoms with Gasteiger partial charge in [-0.15, -0.1) is 0 Å². The van der Waals surface area contributed by atoms with Crippen LogP contribution >= 0.6 is 0 Å². The lowest BCUT2D eigenvalue weighted by Gasteiger charge is -2.15. The molecule has 0 saturated heterocycles. The van der Waals surface area contributed by atoms with Gasteiger partial charge in [0.25, 0.3) is 15.9 Å². The second kappa shape index (κ2) is 11.2. The maximum atomic E-state index is 13.0. The standard InChI is InChI=1S/C25H21F2N3O6S/c26-25(27)36-20-12-6-5-11-18(20)28-22(31)15-35-24(32)19(14-16-8-2-1-3-9-16)29-23-17-10-4-7-13-21(17)37(33,34)30-23/h1-13,19,25H,14-15H2,(H,28,31)(H,29,30). The molecule has 1 heterocycles. The molecule has 1 aliphatic rings. The molecule has 1 aliphatic heterocycles. The molecule has 0 fully saturated rings. The number of amides is 1. The van der Waals surface area contributed by atoms with Crippen LogP contribution in [0, 0.1) is 0 Å². The highest BCUT2D eigenvalue weighted by Crippen LogP contribution is 2.26. The number of carbonyl (C=O) groups excluding carboxylic acids is 2. The van der Waals surface area contributed by atoms with Crippen LogP contribution in [-0.2, 0) is 30.8 Å². The van der Waals surface area contributed by atoms with Gasteiger partial charge in [0, 0.05) is 12.0 Å². The lowest BCUT2D eigenvalue weighted by molar-refractivity contribution is -0.148. The van der Waals surface area contributed by atoms with Gasteiger partial charge in [0.05, 0.1) is 10.6 Å². The normalized spacial score (nSPS) is 15.5. The zero-order chi connectivity index (χ0) is 26.4. The van der Waals surface area contributed by atoms with Crippen molar-refractivity contribution in [3.8, 4) is 5.75 Å². The number of halogens is 2. The van der Waals surface area contributed by atoms with E-state index in [1.807, 2.05) is 0 Å². The number of nitrogens with one attached hydrogen (secondary N) is 2. The molecule has 0 spiro atoms. The first-order chi connectivity index (χ1) is 17.7. The summed E-state index contributed by atoms with van der Waals surface area (Å²) >= 11 is 0. The van der Waals surface area contributed by atoms with Crippen LogP contribution in [0.5, 0.6) is 5.75 Å². The summed E-state index contributed by atoms with van der Waals surface area (Å²) in [5.41, 5.74) is 1.01. The number of rotatable bonds is 9. The van der Waals surface area contributed by atoms with Crippen molar-refractivity contribution in [1.82, 2.24) is 4.72 Å². The van der Waals surface area contributed by atoms with Crippen molar-refractivity contribution in [2.24, 2.45) is 4.99 Å². The van der Waals surface area contributed by atoms with Crippen molar-refractivity contribution in [3.63, 3.8) is 0 Å². The number of nitrogens with zero attached hydrogens (tertiary/aromatic N) is 1. The van der Waals surface area contributed by atoms with Crippen molar-refractivity contribution in [2.75, 3.05) is 11.9 Å². The lowest BCUT2D eigenvalue weighted by atomic mass is 10.1. The van der Waals surface area contributed by atoms with E-state index >= 15 is 0 Å². The number of anilines is 1. The van der Waals surface area contributed by atoms with E-state index in [2.05, 4.69) is 19.8 Å². The smallest absolute Gasteiger partial charge is 0.387 e. The minimum absolute atomic E-state index is 0.0176. The fourth-order valence-electron chi connectivity index (χ4n) is 3.59. The number of para-hydroxylation sites is 2. The van der Waals surface area contributed by atoms with Crippen molar-refractivity contribution in [3.05, 3.63) is 90.0 Å². The Kier molecular flexibility index (Phi) is 7.77. The number of hydrogen-bond donors (Lipinski definition) is 2. The minimum atomic E-state index is -3.83. The van der Waals surface area contributed by atoms with Gasteiger partial charge in [-0.1, -0.05) is 54.6 Å². The zero-order valence-corrected chi connectivity index (χ0v) is 20.0. The molecule has 3 aromatic carbocycles. The molecule has 0 saturated carbocycles. The van der Waals surface area contributed by atoms with Crippen molar-refractivity contribution in [1.29, 1.82) is 0 Å². The van der Waals surface area contributed by atoms with Gasteiger partial charge in [-0.2, -0.15) is 8.78 Å². The molecule has 4 rings (SSSR count). The van der Waals surface area contributed by atoms with Crippen molar-refractivity contribution >= 4 is 33.4 Å². The van der Waals surface area contributed by atoms with E-state index in [1.54, 1.807) is 48.5 Å². The van der Waals surface area contributed by atoms with Gasteiger partial charge in [0.2, 0.25) is 0 Å². The number of sulfonamides is 1. The average molecular weight is 530 g/mol. The van der Waals surface area contributed by atoms with Crippen LogP contribution in [0.15, 0.2) is 88.8 Å². The summed E-state index contributed by atoms with van der Waals surface area (Å²) in [4.78, 5) is 29.7. The maximum Gasteiger partial charge on any atom is 0.387 e. The Balaban J connectivity index is 1.51. The third-order valence-corrected chi connectivity index (χ3v) is 6.61. The molecule has 0 bridgehead atoms. The van der Waals surface area contributed by atoms with Crippen LogP contribution in [0.2, 0.25) is 0 Å². The average Bonchev–Trinajstić information content (AvgIpc) is 3.13. The van der Waals surface area contributed by atoms with Crippen LogP contribution in [0.3, 0.4) is 0 Å². The molecular formula is C25H21F2N3O6S. The highest BCUT2D eigenvalue weighted by molar-refractivity contribution is 7.90. The van der Waals surface area contributed by atoms with E-state index in [9.17, 15) is 26.8 Å². The number of benzene rings is 3. The molecule has 9 nitrogen and oxygen atoms in total. The summed E-state index contributed by atoms with van der Waals surface area (Å²) < 4.78 is 62.0. The molecule has 1 amide bonds. The molecule has 0 aromatic heterocycles. The Morgan fingerprint density at radius 1 is 0.946 bits per heavy atom. The number of carbonyl (C=O) groups is 2. The first-order valence-corrected chi connectivity index (χ1v) is 12.5. The Labute approximate surface area is 211 Å². The number of fused-ring (bicyclic) bond motifs is 1. The minimum Gasteiger partial charge on any atom is -0.454 e. The lowest BCUT2D eigenvalue weighted by Crippen LogP contribution is -2.31. The maximum absolute atomic E-state index is 13.0. The number of esters is 1. The van der Waals surface area contributed by atoms with E-state index in [-0.39, 0.29) is 28.6 Å². The Hall–Kier alpha value is -4.32. The number of hydrogen-bond acceptors (Lipinski definition) is 7. The zero-order valence-electron chi connectivity index (χ0n) is 19.1. The van der Waals surface area contributed by atoms with Gasteiger partial charge in [-0.3, -0.25) is 14.5 Å². The van der Waals surface area contributed by atoms with Crippen LogP contribution in [-0.4, -0.2) is 45.4 Å². The monoisotopic (exact) mass is 529 g/mol. The number of ether oxygens (including phenoxy) is 2. The summed E-state index contributed by atoms with van der Waals surface area (Å²) in [6.45, 7) is -3.83. The summed E-state index contributed by atoms with van der Waals surface area (Å²) in [5.74, 6) is -1.95. The molecule has 3 aromatic rings. The van der Waals surface area contributed by atoms with Crippen LogP contribution in [0.25, 0.3) is 0 Å². The molecule has 12 heteroatoms. The third kappa shape index (κ3) is 6.47. The van der Waals surface area contributed by atoms with E-state index < -0.39 is 41.2 Å². The number of aliphatic imine (C=N–C) groups is 1. The predicted molar refractivity (Wildman–Crippen MR) is 130 cm³/mol. The van der Waals surface area contributed by atoms with Crippen molar-refractivity contribution in [2.45, 2.75) is 24.0 Å². The Morgan fingerprint density at radius 2 is 1.62 bits per heavy atom. The summed E-state index contributed by atoms with van der Waals surface area (Å²) in [7, 11) is -3.83. The molecule has 37 heavy (non-hydrogen) atoms. The summed E-state index contributed by atoms with van der Waals surface area (Å²) in [5, 5.41) is 2.35. The molecule has 0 radical (unpaired) electrons. The highest BCUT2D eigenvalue weighted by atomic mass is 32.2. The van der Waals surface area contributed by atoms with E-state index in [1.165, 1.54) is 30.3 Å². The fraction of sp³-hybridized carbons (Fsp3) is 0.160. The number of alkyl halides is 2. The second-order valence-corrected chi connectivity index (χ2v) is 9.47. The van der Waals surface area contributed by atoms with E-state index in [4.69, 9.17) is 4.74 Å². The molecule has 192 valence electrons. The van der Waals surface area contributed by atoms with Gasteiger partial charge in [-0.25, -0.2) is 13.2 Å². The quantitative estimate of drug-likeness (QED) is 0.411. The first-order valence-electron chi connectivity index (χ1n) is 11.0. The molecule has 0 aliphatic carbocycles. The van der Waals surface area contributed by atoms with Gasteiger partial charge < -0.3 is 14.8 Å². The Morgan fingerprint density at radius 3 is 2.38 bits per heavy atom. The summed E-state index contributed by atoms with van der Waals surface area (Å²) in [6, 6.07) is 19.4. The SMILES string of the molecule is O=C(COC(=O)C(Cc1ccccc1)N=C1NS(=O)(=O)c2ccccc21)Nc1ccccc1OC(F)F. The largest absolute Gasteiger partial charge is 0.454 e. The fourth-order valence-corrected chi connectivity index (χ4v) is 4.83. The van der Waals surface area contributed by atoms with E-state index in [0.29, 0.717) is 5.56 Å². The molecule has 2 N–H and O–H groups in total. The molecular weight excluding hydrogens is 508 g/mol. The van der Waals surface area contributed by atoms with Crippen LogP contribution in [0.4, 0.5) is 14.5 Å². The van der Waals surface area contributed by atoms with Gasteiger partial charge in [0.1, 0.15) is 11.6 Å². The van der Waals surface area contributed by atoms with Crippen LogP contribution in [0.1, 0.15) is 11.1 Å². The van der Waals surface area contributed by atoms with E-state index in [0.717, 1.165) is 5.56 Å². The van der Waals surface area contributed by atoms with Gasteiger partial charge in [-0.05, 0) is 29.8 Å². The second-order valence-electron chi connectivity index (χ2n) is 7.82. The van der Waals surface area contributed by atoms with Gasteiger partial charge in [0.15, 0.2) is 12.6 Å². The summed E-state index contributed by atoms with van der Waals surface area (Å²) in [6.07, 6.45) is 0.0692. The highest BCUT2D eigenvalue weighted by Gasteiger charge is 2.32. The van der Waals surface area contributed by atoms with Crippen molar-refractivity contribution < 1.29 is 36.3 Å². The van der Waals surface area contributed by atoms with Gasteiger partial charge >= 0.3 is 12.6 Å².